The number of amides is 1. The van der Waals surface area contributed by atoms with E-state index in [0.29, 0.717) is 30.0 Å². The van der Waals surface area contributed by atoms with Crippen molar-refractivity contribution in [2.75, 3.05) is 11.4 Å². The van der Waals surface area contributed by atoms with Crippen LogP contribution in [0.2, 0.25) is 0 Å². The minimum Gasteiger partial charge on any atom is -0.480 e. The molecule has 6 rings (SSSR count). The highest BCUT2D eigenvalue weighted by Crippen LogP contribution is 2.55. The number of carbonyl (C=O) groups is 2. The number of hydrogen-bond donors (Lipinski definition) is 2. The summed E-state index contributed by atoms with van der Waals surface area (Å²) in [5.41, 5.74) is -1.01. The molecule has 0 bridgehead atoms. The second-order valence-corrected chi connectivity index (χ2v) is 13.0. The molecule has 8 nitrogen and oxygen atoms in total. The molecular formula is C35H32F6N4O4. The van der Waals surface area contributed by atoms with Gasteiger partial charge in [-0.25, -0.2) is 18.0 Å². The van der Waals surface area contributed by atoms with E-state index in [2.05, 4.69) is 10.3 Å². The molecular weight excluding hydrogens is 654 g/mol. The van der Waals surface area contributed by atoms with Crippen molar-refractivity contribution >= 4 is 28.5 Å². The zero-order valence-electron chi connectivity index (χ0n) is 26.8. The van der Waals surface area contributed by atoms with Crippen LogP contribution in [0, 0.1) is 31.5 Å². The number of aliphatic carboxylic acids is 1. The fraction of sp³-hybridized carbons (Fsp3) is 0.371. The van der Waals surface area contributed by atoms with E-state index in [4.69, 9.17) is 0 Å². The first kappa shape index (κ1) is 34.0. The standard InChI is InChI=1S/C35H32F6N4O4/c1-16-10-20(45-15-19-12-23(19)30(45)35(39,40)41)14-25(36)27(16)31(46)43-26(33(48)49)13-18-7-8-22(29-21(18)6-5-9-42-29)28-24(34(3,37)38)11-17(2)44(4)32(28)47/h5-11,14,19,23,26,30H,12-13,15H2,1-4H3,(H,43,46)(H,48,49)/t19-,23-,26+,30-/m1/s1. The lowest BCUT2D eigenvalue weighted by atomic mass is 9.91. The number of fused-ring (bicyclic) bond motifs is 2. The first-order valence-electron chi connectivity index (χ1n) is 15.5. The fourth-order valence-electron chi connectivity index (χ4n) is 7.02. The number of piperidine rings is 1. The number of halogens is 6. The average Bonchev–Trinajstić information content (AvgIpc) is 3.65. The molecule has 2 aromatic carbocycles. The SMILES string of the molecule is Cc1cc(N2C[C@H]3C[C@H]3[C@@H]2C(F)(F)F)cc(F)c1C(=O)N[C@@H](Cc1ccc(-c2c(C(C)(F)F)cc(C)n(C)c2=O)c2ncccc12)C(=O)O. The minimum atomic E-state index is -4.51. The van der Waals surface area contributed by atoms with E-state index < -0.39 is 64.5 Å². The van der Waals surface area contributed by atoms with Crippen molar-refractivity contribution in [3.8, 4) is 11.1 Å². The monoisotopic (exact) mass is 686 g/mol. The Morgan fingerprint density at radius 1 is 1.10 bits per heavy atom. The molecule has 14 heteroatoms. The summed E-state index contributed by atoms with van der Waals surface area (Å²) in [5.74, 6) is -7.71. The molecule has 3 heterocycles. The molecule has 4 atom stereocenters. The molecule has 1 amide bonds. The van der Waals surface area contributed by atoms with Crippen LogP contribution < -0.4 is 15.8 Å². The highest BCUT2D eigenvalue weighted by molar-refractivity contribution is 5.99. The number of rotatable bonds is 8. The number of nitrogens with zero attached hydrogens (tertiary/aromatic N) is 3. The summed E-state index contributed by atoms with van der Waals surface area (Å²) in [6.07, 6.45) is -3.00. The summed E-state index contributed by atoms with van der Waals surface area (Å²) in [7, 11) is 1.45. The zero-order valence-corrected chi connectivity index (χ0v) is 26.8. The van der Waals surface area contributed by atoms with Crippen molar-refractivity contribution in [3.63, 3.8) is 0 Å². The Labute approximate surface area is 276 Å². The van der Waals surface area contributed by atoms with Gasteiger partial charge in [0.25, 0.3) is 17.4 Å². The molecule has 1 saturated heterocycles. The van der Waals surface area contributed by atoms with Crippen molar-refractivity contribution < 1.29 is 41.0 Å². The van der Waals surface area contributed by atoms with Crippen LogP contribution in [0.5, 0.6) is 0 Å². The topological polar surface area (TPSA) is 105 Å². The summed E-state index contributed by atoms with van der Waals surface area (Å²) in [6, 6.07) is 5.99. The second-order valence-electron chi connectivity index (χ2n) is 13.0. The molecule has 2 fully saturated rings. The number of carboxylic acid groups (broad SMARTS) is 1. The molecule has 1 saturated carbocycles. The van der Waals surface area contributed by atoms with Crippen molar-refractivity contribution in [3.05, 3.63) is 92.8 Å². The van der Waals surface area contributed by atoms with Gasteiger partial charge in [-0.15, -0.1) is 0 Å². The van der Waals surface area contributed by atoms with Gasteiger partial charge in [-0.2, -0.15) is 13.2 Å². The van der Waals surface area contributed by atoms with Crippen LogP contribution >= 0.6 is 0 Å². The van der Waals surface area contributed by atoms with Crippen LogP contribution in [0.3, 0.4) is 0 Å². The molecule has 49 heavy (non-hydrogen) atoms. The molecule has 1 aliphatic carbocycles. The largest absolute Gasteiger partial charge is 0.480 e. The molecule has 2 aliphatic rings. The predicted octanol–water partition coefficient (Wildman–Crippen LogP) is 6.28. The lowest BCUT2D eigenvalue weighted by molar-refractivity contribution is -0.150. The third kappa shape index (κ3) is 6.12. The van der Waals surface area contributed by atoms with E-state index in [0.717, 1.165) is 11.0 Å². The quantitative estimate of drug-likeness (QED) is 0.212. The van der Waals surface area contributed by atoms with E-state index in [1.165, 1.54) is 55.9 Å². The minimum absolute atomic E-state index is 0.0117. The van der Waals surface area contributed by atoms with Crippen molar-refractivity contribution in [1.29, 1.82) is 0 Å². The second kappa shape index (κ2) is 11.9. The van der Waals surface area contributed by atoms with E-state index in [-0.39, 0.29) is 46.8 Å². The molecule has 0 unspecified atom stereocenters. The van der Waals surface area contributed by atoms with Gasteiger partial charge < -0.3 is 19.9 Å². The van der Waals surface area contributed by atoms with Crippen molar-refractivity contribution in [1.82, 2.24) is 14.9 Å². The summed E-state index contributed by atoms with van der Waals surface area (Å²) >= 11 is 0. The van der Waals surface area contributed by atoms with Gasteiger partial charge in [0.2, 0.25) is 0 Å². The lowest BCUT2D eigenvalue weighted by Gasteiger charge is -2.31. The number of carboxylic acids is 1. The van der Waals surface area contributed by atoms with Crippen LogP contribution in [0.4, 0.5) is 32.0 Å². The molecule has 0 radical (unpaired) electrons. The molecule has 0 spiro atoms. The van der Waals surface area contributed by atoms with Crippen LogP contribution in [-0.2, 0) is 24.2 Å². The van der Waals surface area contributed by atoms with Gasteiger partial charge in [-0.05, 0) is 67.5 Å². The number of anilines is 1. The van der Waals surface area contributed by atoms with Crippen LogP contribution in [0.15, 0.2) is 53.5 Å². The maximum atomic E-state index is 15.4. The zero-order chi connectivity index (χ0) is 35.7. The predicted molar refractivity (Wildman–Crippen MR) is 169 cm³/mol. The number of nitrogens with one attached hydrogen (secondary N) is 1. The van der Waals surface area contributed by atoms with Crippen LogP contribution in [-0.4, -0.2) is 51.3 Å². The number of aryl methyl sites for hydroxylation is 2. The normalized spacial score (nSPS) is 19.6. The molecule has 2 N–H and O–H groups in total. The highest BCUT2D eigenvalue weighted by atomic mass is 19.4. The highest BCUT2D eigenvalue weighted by Gasteiger charge is 2.62. The van der Waals surface area contributed by atoms with E-state index in [9.17, 15) is 41.4 Å². The Bertz CT molecular complexity index is 2050. The Morgan fingerprint density at radius 2 is 1.82 bits per heavy atom. The third-order valence-electron chi connectivity index (χ3n) is 9.62. The summed E-state index contributed by atoms with van der Waals surface area (Å²) in [4.78, 5) is 44.4. The summed E-state index contributed by atoms with van der Waals surface area (Å²) in [6.45, 7) is 3.68. The number of pyridine rings is 2. The Morgan fingerprint density at radius 3 is 2.45 bits per heavy atom. The van der Waals surface area contributed by atoms with Gasteiger partial charge in [0, 0.05) is 61.0 Å². The average molecular weight is 687 g/mol. The van der Waals surface area contributed by atoms with Crippen LogP contribution in [0.25, 0.3) is 22.0 Å². The first-order valence-corrected chi connectivity index (χ1v) is 15.5. The van der Waals surface area contributed by atoms with Gasteiger partial charge >= 0.3 is 12.1 Å². The Hall–Kier alpha value is -4.88. The Kier molecular flexibility index (Phi) is 8.27. The third-order valence-corrected chi connectivity index (χ3v) is 9.62. The maximum absolute atomic E-state index is 15.4. The number of hydrogen-bond acceptors (Lipinski definition) is 5. The van der Waals surface area contributed by atoms with Crippen LogP contribution in [0.1, 0.15) is 46.1 Å². The van der Waals surface area contributed by atoms with Crippen molar-refractivity contribution in [2.45, 2.75) is 57.8 Å². The molecule has 258 valence electrons. The lowest BCUT2D eigenvalue weighted by Crippen LogP contribution is -2.44. The number of benzene rings is 2. The Balaban J connectivity index is 1.31. The van der Waals surface area contributed by atoms with E-state index in [1.54, 1.807) is 12.1 Å². The number of alkyl halides is 5. The fourth-order valence-corrected chi connectivity index (χ4v) is 7.02. The molecule has 1 aliphatic heterocycles. The van der Waals surface area contributed by atoms with E-state index >= 15 is 4.39 Å². The first-order chi connectivity index (χ1) is 22.9. The van der Waals surface area contributed by atoms with Crippen molar-refractivity contribution in [2.24, 2.45) is 18.9 Å². The summed E-state index contributed by atoms with van der Waals surface area (Å²) < 4.78 is 87.6. The molecule has 2 aromatic heterocycles. The molecule has 4 aromatic rings. The van der Waals surface area contributed by atoms with Gasteiger partial charge in [-0.3, -0.25) is 14.6 Å². The number of aromatic nitrogens is 2. The van der Waals surface area contributed by atoms with Gasteiger partial charge in [-0.1, -0.05) is 18.2 Å². The van der Waals surface area contributed by atoms with Gasteiger partial charge in [0.1, 0.15) is 17.9 Å². The number of carbonyl (C=O) groups excluding carboxylic acids is 1. The summed E-state index contributed by atoms with van der Waals surface area (Å²) in [5, 5.41) is 12.7. The van der Waals surface area contributed by atoms with Gasteiger partial charge in [0.05, 0.1) is 16.6 Å². The van der Waals surface area contributed by atoms with E-state index in [1.807, 2.05) is 0 Å². The smallest absolute Gasteiger partial charge is 0.409 e. The van der Waals surface area contributed by atoms with Gasteiger partial charge in [0.15, 0.2) is 0 Å². The maximum Gasteiger partial charge on any atom is 0.409 e.